The normalized spacial score (nSPS) is 39.5. The summed E-state index contributed by atoms with van der Waals surface area (Å²) in [6.07, 6.45) is 10.5. The van der Waals surface area contributed by atoms with E-state index in [9.17, 15) is 14.8 Å². The number of allylic oxidation sites excluding steroid dienone is 1. The van der Waals surface area contributed by atoms with Crippen LogP contribution in [0.15, 0.2) is 42.0 Å². The molecule has 3 saturated carbocycles. The number of carbonyl (C=O) groups excluding carboxylic acids is 2. The van der Waals surface area contributed by atoms with Crippen molar-refractivity contribution < 1.29 is 19.5 Å². The molecule has 5 rings (SSSR count). The average molecular weight is 452 g/mol. The van der Waals surface area contributed by atoms with E-state index in [-0.39, 0.29) is 28.8 Å². The number of esters is 1. The maximum Gasteiger partial charge on any atom is 0.338 e. The number of ether oxygens (including phenoxy) is 1. The van der Waals surface area contributed by atoms with Crippen LogP contribution in [0.1, 0.15) is 75.6 Å². The van der Waals surface area contributed by atoms with Gasteiger partial charge in [-0.3, -0.25) is 10.0 Å². The monoisotopic (exact) mass is 451 g/mol. The number of fused-ring (bicyclic) bond motifs is 5. The topological polar surface area (TPSA) is 66.8 Å². The third-order valence-electron chi connectivity index (χ3n) is 10.1. The number of amides is 1. The molecule has 0 heterocycles. The summed E-state index contributed by atoms with van der Waals surface area (Å²) in [4.78, 5) is 25.1. The molecule has 5 nitrogen and oxygen atoms in total. The largest absolute Gasteiger partial charge is 0.458 e. The zero-order chi connectivity index (χ0) is 23.4. The van der Waals surface area contributed by atoms with Gasteiger partial charge in [0.25, 0.3) is 5.91 Å². The molecule has 0 radical (unpaired) electrons. The second kappa shape index (κ2) is 8.26. The molecule has 1 N–H and O–H groups in total. The number of hydroxylamine groups is 2. The SMILES string of the molecule is CN(O)C(=O)C1=CC[C@@]2(C)C(CC[C@H]3[C@@H]4CC[C@H](OC(=O)c5ccccc5)[C@@]4(C)CC[C@@H]32)C1. The molecule has 7 atom stereocenters. The standard InChI is InChI=1S/C28H37NO4/c1-27-15-13-19(25(30)29(3)32)17-20(27)9-10-21-22-11-12-24(28(22,2)16-14-23(21)27)33-26(31)18-7-5-4-6-8-18/h4-8,13,20-24,32H,9-12,14-17H2,1-3H3/t20?,21-,22-,23-,24-,27-,28-/m0/s1. The van der Waals surface area contributed by atoms with Gasteiger partial charge in [-0.25, -0.2) is 9.86 Å². The summed E-state index contributed by atoms with van der Waals surface area (Å²) in [5.41, 5.74) is 1.68. The zero-order valence-corrected chi connectivity index (χ0v) is 20.1. The maximum absolute atomic E-state index is 12.8. The number of likely N-dealkylation sites (N-methyl/N-ethyl adjacent to an activating group) is 1. The second-order valence-electron chi connectivity index (χ2n) is 11.5. The van der Waals surface area contributed by atoms with E-state index in [2.05, 4.69) is 19.9 Å². The number of nitrogens with zero attached hydrogens (tertiary/aromatic N) is 1. The van der Waals surface area contributed by atoms with E-state index in [0.29, 0.717) is 29.2 Å². The predicted molar refractivity (Wildman–Crippen MR) is 125 cm³/mol. The van der Waals surface area contributed by atoms with Gasteiger partial charge in [-0.05, 0) is 92.6 Å². The van der Waals surface area contributed by atoms with Gasteiger partial charge in [0, 0.05) is 18.0 Å². The first-order valence-electron chi connectivity index (χ1n) is 12.7. The van der Waals surface area contributed by atoms with Crippen LogP contribution in [0.25, 0.3) is 0 Å². The number of carbonyl (C=O) groups is 2. The van der Waals surface area contributed by atoms with Gasteiger partial charge in [-0.2, -0.15) is 0 Å². The first-order chi connectivity index (χ1) is 15.7. The van der Waals surface area contributed by atoms with Gasteiger partial charge in [-0.15, -0.1) is 0 Å². The van der Waals surface area contributed by atoms with Crippen molar-refractivity contribution in [1.29, 1.82) is 0 Å². The molecule has 0 aromatic heterocycles. The lowest BCUT2D eigenvalue weighted by molar-refractivity contribution is -0.156. The first kappa shape index (κ1) is 22.6. The highest BCUT2D eigenvalue weighted by atomic mass is 16.5. The molecule has 1 unspecified atom stereocenters. The molecule has 1 amide bonds. The molecule has 4 aliphatic rings. The lowest BCUT2D eigenvalue weighted by Crippen LogP contribution is -2.53. The van der Waals surface area contributed by atoms with Crippen molar-refractivity contribution in [2.45, 2.75) is 71.3 Å². The van der Waals surface area contributed by atoms with Crippen LogP contribution in [-0.2, 0) is 9.53 Å². The Morgan fingerprint density at radius 2 is 1.73 bits per heavy atom. The number of hydrogen-bond acceptors (Lipinski definition) is 4. The molecule has 5 heteroatoms. The van der Waals surface area contributed by atoms with Crippen LogP contribution in [0.5, 0.6) is 0 Å². The van der Waals surface area contributed by atoms with Gasteiger partial charge in [0.1, 0.15) is 6.10 Å². The average Bonchev–Trinajstić information content (AvgIpc) is 3.14. The van der Waals surface area contributed by atoms with E-state index in [1.54, 1.807) is 0 Å². The zero-order valence-electron chi connectivity index (χ0n) is 20.1. The third-order valence-corrected chi connectivity index (χ3v) is 10.1. The van der Waals surface area contributed by atoms with Crippen molar-refractivity contribution in [2.24, 2.45) is 34.5 Å². The highest BCUT2D eigenvalue weighted by Crippen LogP contribution is 2.66. The molecule has 33 heavy (non-hydrogen) atoms. The Labute approximate surface area is 197 Å². The van der Waals surface area contributed by atoms with E-state index < -0.39 is 0 Å². The molecule has 0 spiro atoms. The van der Waals surface area contributed by atoms with Crippen molar-refractivity contribution in [3.05, 3.63) is 47.5 Å². The number of rotatable bonds is 3. The Bertz CT molecular complexity index is 956. The van der Waals surface area contributed by atoms with Gasteiger partial charge in [0.15, 0.2) is 0 Å². The third kappa shape index (κ3) is 3.63. The molecule has 0 saturated heterocycles. The Hall–Kier alpha value is -2.14. The van der Waals surface area contributed by atoms with Crippen LogP contribution in [0.3, 0.4) is 0 Å². The van der Waals surface area contributed by atoms with E-state index in [0.717, 1.165) is 49.2 Å². The second-order valence-corrected chi connectivity index (χ2v) is 11.5. The molecule has 0 aliphatic heterocycles. The minimum atomic E-state index is -0.255. The van der Waals surface area contributed by atoms with E-state index >= 15 is 0 Å². The minimum absolute atomic E-state index is 0.00254. The van der Waals surface area contributed by atoms with Crippen molar-refractivity contribution in [3.8, 4) is 0 Å². The smallest absolute Gasteiger partial charge is 0.338 e. The summed E-state index contributed by atoms with van der Waals surface area (Å²) in [5.74, 6) is 1.96. The summed E-state index contributed by atoms with van der Waals surface area (Å²) in [6.45, 7) is 4.81. The van der Waals surface area contributed by atoms with E-state index in [1.165, 1.54) is 19.9 Å². The summed E-state index contributed by atoms with van der Waals surface area (Å²) in [6, 6.07) is 9.36. The number of benzene rings is 1. The van der Waals surface area contributed by atoms with Crippen LogP contribution in [-0.4, -0.2) is 35.3 Å². The fraction of sp³-hybridized carbons (Fsp3) is 0.643. The van der Waals surface area contributed by atoms with Gasteiger partial charge in [0.05, 0.1) is 5.56 Å². The Balaban J connectivity index is 1.33. The molecule has 0 bridgehead atoms. The van der Waals surface area contributed by atoms with E-state index in [1.807, 2.05) is 30.3 Å². The van der Waals surface area contributed by atoms with Crippen LogP contribution < -0.4 is 0 Å². The lowest BCUT2D eigenvalue weighted by atomic mass is 9.45. The fourth-order valence-electron chi connectivity index (χ4n) is 8.18. The minimum Gasteiger partial charge on any atom is -0.458 e. The van der Waals surface area contributed by atoms with Crippen LogP contribution in [0, 0.1) is 34.5 Å². The van der Waals surface area contributed by atoms with Crippen molar-refractivity contribution >= 4 is 11.9 Å². The highest BCUT2D eigenvalue weighted by Gasteiger charge is 2.60. The first-order valence-corrected chi connectivity index (χ1v) is 12.7. The highest BCUT2D eigenvalue weighted by molar-refractivity contribution is 5.92. The molecule has 1 aromatic carbocycles. The van der Waals surface area contributed by atoms with Crippen LogP contribution in [0.2, 0.25) is 0 Å². The van der Waals surface area contributed by atoms with Gasteiger partial charge in [-0.1, -0.05) is 38.1 Å². The molecule has 1 aromatic rings. The molecular weight excluding hydrogens is 414 g/mol. The van der Waals surface area contributed by atoms with Crippen molar-refractivity contribution in [2.75, 3.05) is 7.05 Å². The van der Waals surface area contributed by atoms with E-state index in [4.69, 9.17) is 4.74 Å². The summed E-state index contributed by atoms with van der Waals surface area (Å²) >= 11 is 0. The molecule has 3 fully saturated rings. The maximum atomic E-state index is 12.8. The van der Waals surface area contributed by atoms with Gasteiger partial charge < -0.3 is 4.74 Å². The Morgan fingerprint density at radius 1 is 1.00 bits per heavy atom. The van der Waals surface area contributed by atoms with Crippen molar-refractivity contribution in [1.82, 2.24) is 5.06 Å². The Morgan fingerprint density at radius 3 is 2.45 bits per heavy atom. The summed E-state index contributed by atoms with van der Waals surface area (Å²) < 4.78 is 6.13. The fourth-order valence-corrected chi connectivity index (χ4v) is 8.18. The molecular formula is C28H37NO4. The van der Waals surface area contributed by atoms with Crippen LogP contribution in [0.4, 0.5) is 0 Å². The van der Waals surface area contributed by atoms with Gasteiger partial charge >= 0.3 is 5.97 Å². The predicted octanol–water partition coefficient (Wildman–Crippen LogP) is 5.64. The summed E-state index contributed by atoms with van der Waals surface area (Å²) in [7, 11) is 1.41. The van der Waals surface area contributed by atoms with Crippen molar-refractivity contribution in [3.63, 3.8) is 0 Å². The molecule has 4 aliphatic carbocycles. The molecule has 178 valence electrons. The number of hydrogen-bond donors (Lipinski definition) is 1. The lowest BCUT2D eigenvalue weighted by Gasteiger charge is -2.59. The van der Waals surface area contributed by atoms with Gasteiger partial charge in [0.2, 0.25) is 0 Å². The Kier molecular flexibility index (Phi) is 5.67. The summed E-state index contributed by atoms with van der Waals surface area (Å²) in [5, 5.41) is 10.3. The quantitative estimate of drug-likeness (QED) is 0.367. The van der Waals surface area contributed by atoms with Crippen LogP contribution >= 0.6 is 0 Å².